The molecule has 0 unspecified atom stereocenters. The highest BCUT2D eigenvalue weighted by atomic mass is 16.3. The van der Waals surface area contributed by atoms with Crippen LogP contribution in [0.2, 0.25) is 0 Å². The van der Waals surface area contributed by atoms with E-state index in [4.69, 9.17) is 0 Å². The maximum atomic E-state index is 10.4. The predicted molar refractivity (Wildman–Crippen MR) is 73.1 cm³/mol. The minimum atomic E-state index is 0.367. The number of rotatable bonds is 2. The Morgan fingerprint density at radius 2 is 1.47 bits per heavy atom. The second-order valence-corrected chi connectivity index (χ2v) is 5.05. The second kappa shape index (κ2) is 4.22. The molecule has 0 amide bonds. The standard InChI is InChI=1S/C15H17NO/c1-16(2,3)14-11-7-10-13(15(14)17)12-8-5-4-6-9-12/h4-11H,1-3H3/p+1. The Hall–Kier alpha value is -1.80. The number of quaternary nitrogens is 1. The average Bonchev–Trinajstić information content (AvgIpc) is 2.29. The summed E-state index contributed by atoms with van der Waals surface area (Å²) in [5.41, 5.74) is 2.85. The lowest BCUT2D eigenvalue weighted by molar-refractivity contribution is 0.428. The van der Waals surface area contributed by atoms with Gasteiger partial charge in [-0.2, -0.15) is 0 Å². The zero-order valence-corrected chi connectivity index (χ0v) is 10.5. The number of phenols is 1. The minimum absolute atomic E-state index is 0.367. The Morgan fingerprint density at radius 3 is 2.06 bits per heavy atom. The van der Waals surface area contributed by atoms with Gasteiger partial charge in [-0.1, -0.05) is 42.5 Å². The van der Waals surface area contributed by atoms with Crippen LogP contribution in [-0.4, -0.2) is 26.2 Å². The van der Waals surface area contributed by atoms with Crippen molar-refractivity contribution in [3.8, 4) is 16.9 Å². The Morgan fingerprint density at radius 1 is 0.824 bits per heavy atom. The molecule has 2 heteroatoms. The van der Waals surface area contributed by atoms with Crippen molar-refractivity contribution >= 4 is 5.69 Å². The van der Waals surface area contributed by atoms with Gasteiger partial charge in [0.25, 0.3) is 0 Å². The average molecular weight is 228 g/mol. The highest BCUT2D eigenvalue weighted by Gasteiger charge is 2.20. The molecule has 1 N–H and O–H groups in total. The minimum Gasteiger partial charge on any atom is -0.502 e. The van der Waals surface area contributed by atoms with Gasteiger partial charge in [0.15, 0.2) is 11.4 Å². The first-order valence-electron chi connectivity index (χ1n) is 5.69. The van der Waals surface area contributed by atoms with Crippen molar-refractivity contribution in [1.29, 1.82) is 0 Å². The Kier molecular flexibility index (Phi) is 2.90. The summed E-state index contributed by atoms with van der Waals surface area (Å²) in [6.07, 6.45) is 0. The SMILES string of the molecule is C[N+](C)(C)c1cccc(-c2ccccc2)c1O. The number of aromatic hydroxyl groups is 1. The number of hydrogen-bond acceptors (Lipinski definition) is 1. The summed E-state index contributed by atoms with van der Waals surface area (Å²) >= 11 is 0. The summed E-state index contributed by atoms with van der Waals surface area (Å²) in [5.74, 6) is 0.367. The van der Waals surface area contributed by atoms with Crippen molar-refractivity contribution in [1.82, 2.24) is 4.48 Å². The summed E-state index contributed by atoms with van der Waals surface area (Å²) in [6.45, 7) is 0. The van der Waals surface area contributed by atoms with E-state index in [2.05, 4.69) is 0 Å². The van der Waals surface area contributed by atoms with Crippen LogP contribution >= 0.6 is 0 Å². The van der Waals surface area contributed by atoms with E-state index in [0.717, 1.165) is 16.8 Å². The van der Waals surface area contributed by atoms with Gasteiger partial charge in [0.2, 0.25) is 0 Å². The molecule has 0 spiro atoms. The smallest absolute Gasteiger partial charge is 0.185 e. The first-order chi connectivity index (χ1) is 8.00. The maximum absolute atomic E-state index is 10.4. The molecular weight excluding hydrogens is 210 g/mol. The molecule has 0 fully saturated rings. The number of phenolic OH excluding ortho intramolecular Hbond substituents is 1. The fraction of sp³-hybridized carbons (Fsp3) is 0.200. The molecule has 2 aromatic carbocycles. The lowest BCUT2D eigenvalue weighted by atomic mass is 10.0. The van der Waals surface area contributed by atoms with Crippen molar-refractivity contribution in [2.45, 2.75) is 0 Å². The van der Waals surface area contributed by atoms with Gasteiger partial charge in [-0.3, -0.25) is 4.48 Å². The Labute approximate surface area is 102 Å². The van der Waals surface area contributed by atoms with Crippen LogP contribution in [0.15, 0.2) is 48.5 Å². The van der Waals surface area contributed by atoms with Crippen molar-refractivity contribution < 1.29 is 5.11 Å². The second-order valence-electron chi connectivity index (χ2n) is 5.05. The van der Waals surface area contributed by atoms with Crippen molar-refractivity contribution in [2.24, 2.45) is 0 Å². The first-order valence-corrected chi connectivity index (χ1v) is 5.69. The lowest BCUT2D eigenvalue weighted by Gasteiger charge is -2.25. The zero-order chi connectivity index (χ0) is 12.5. The molecule has 0 aromatic heterocycles. The van der Waals surface area contributed by atoms with Crippen LogP contribution in [0, 0.1) is 0 Å². The molecule has 0 atom stereocenters. The summed E-state index contributed by atoms with van der Waals surface area (Å²) in [5, 5.41) is 10.4. The van der Waals surface area contributed by atoms with Gasteiger partial charge in [0.1, 0.15) is 0 Å². The molecule has 0 radical (unpaired) electrons. The van der Waals surface area contributed by atoms with Gasteiger partial charge >= 0.3 is 0 Å². The monoisotopic (exact) mass is 228 g/mol. The summed E-state index contributed by atoms with van der Waals surface area (Å²) < 4.78 is 0.604. The van der Waals surface area contributed by atoms with Gasteiger partial charge in [-0.15, -0.1) is 0 Å². The van der Waals surface area contributed by atoms with Crippen LogP contribution in [0.5, 0.6) is 5.75 Å². The van der Waals surface area contributed by atoms with Crippen molar-refractivity contribution in [3.05, 3.63) is 48.5 Å². The van der Waals surface area contributed by atoms with E-state index >= 15 is 0 Å². The normalized spacial score (nSPS) is 11.5. The largest absolute Gasteiger partial charge is 0.502 e. The molecule has 0 heterocycles. The molecule has 0 aliphatic rings. The van der Waals surface area contributed by atoms with Gasteiger partial charge in [-0.05, 0) is 5.56 Å². The molecule has 17 heavy (non-hydrogen) atoms. The molecule has 0 bridgehead atoms. The molecule has 0 saturated heterocycles. The number of hydrogen-bond donors (Lipinski definition) is 1. The van der Waals surface area contributed by atoms with Crippen LogP contribution in [0.1, 0.15) is 0 Å². The van der Waals surface area contributed by atoms with E-state index in [1.165, 1.54) is 0 Å². The molecular formula is C15H18NO+. The van der Waals surface area contributed by atoms with Crippen LogP contribution in [0.25, 0.3) is 11.1 Å². The molecule has 0 saturated carbocycles. The molecule has 2 rings (SSSR count). The number of nitrogens with zero attached hydrogens (tertiary/aromatic N) is 1. The summed E-state index contributed by atoms with van der Waals surface area (Å²) in [4.78, 5) is 0. The first kappa shape index (κ1) is 11.7. The van der Waals surface area contributed by atoms with Gasteiger partial charge in [-0.25, -0.2) is 0 Å². The third-order valence-electron chi connectivity index (χ3n) is 2.82. The van der Waals surface area contributed by atoms with Crippen molar-refractivity contribution in [2.75, 3.05) is 21.1 Å². The zero-order valence-electron chi connectivity index (χ0n) is 10.5. The van der Waals surface area contributed by atoms with E-state index in [1.54, 1.807) is 0 Å². The van der Waals surface area contributed by atoms with Crippen LogP contribution in [0.3, 0.4) is 0 Å². The van der Waals surface area contributed by atoms with Gasteiger partial charge < -0.3 is 5.11 Å². The Bertz CT molecular complexity index is 512. The van der Waals surface area contributed by atoms with Crippen LogP contribution < -0.4 is 4.48 Å². The predicted octanol–water partition coefficient (Wildman–Crippen LogP) is 3.26. The maximum Gasteiger partial charge on any atom is 0.185 e. The summed E-state index contributed by atoms with van der Waals surface area (Å²) in [6, 6.07) is 15.8. The van der Waals surface area contributed by atoms with E-state index in [0.29, 0.717) is 10.2 Å². The molecule has 2 nitrogen and oxygen atoms in total. The van der Waals surface area contributed by atoms with E-state index in [1.807, 2.05) is 69.7 Å². The Balaban J connectivity index is 2.58. The highest BCUT2D eigenvalue weighted by Crippen LogP contribution is 2.38. The number of benzene rings is 2. The van der Waals surface area contributed by atoms with E-state index in [-0.39, 0.29) is 0 Å². The van der Waals surface area contributed by atoms with Crippen LogP contribution in [-0.2, 0) is 0 Å². The molecule has 2 aromatic rings. The van der Waals surface area contributed by atoms with Gasteiger partial charge in [0, 0.05) is 11.6 Å². The quantitative estimate of drug-likeness (QED) is 0.782. The number of para-hydroxylation sites is 1. The summed E-state index contributed by atoms with van der Waals surface area (Å²) in [7, 11) is 6.14. The highest BCUT2D eigenvalue weighted by molar-refractivity contribution is 5.76. The third kappa shape index (κ3) is 2.32. The molecule has 88 valence electrons. The van der Waals surface area contributed by atoms with Crippen LogP contribution in [0.4, 0.5) is 5.69 Å². The molecule has 0 aliphatic heterocycles. The molecule has 0 aliphatic carbocycles. The van der Waals surface area contributed by atoms with Gasteiger partial charge in [0.05, 0.1) is 21.1 Å². The fourth-order valence-electron chi connectivity index (χ4n) is 1.92. The topological polar surface area (TPSA) is 20.2 Å². The van der Waals surface area contributed by atoms with E-state index in [9.17, 15) is 5.11 Å². The third-order valence-corrected chi connectivity index (χ3v) is 2.82. The fourth-order valence-corrected chi connectivity index (χ4v) is 1.92. The van der Waals surface area contributed by atoms with E-state index < -0.39 is 0 Å². The lowest BCUT2D eigenvalue weighted by Crippen LogP contribution is -2.34. The van der Waals surface area contributed by atoms with Crippen molar-refractivity contribution in [3.63, 3.8) is 0 Å².